The number of carboxylic acids is 1. The average Bonchev–Trinajstić information content (AvgIpc) is 2.06. The predicted octanol–water partition coefficient (Wildman–Crippen LogP) is 0.652. The lowest BCUT2D eigenvalue weighted by Crippen LogP contribution is -2.22. The Labute approximate surface area is 85.6 Å². The molecule has 0 saturated heterocycles. The van der Waals surface area contributed by atoms with E-state index >= 15 is 0 Å². The van der Waals surface area contributed by atoms with Gasteiger partial charge in [-0.2, -0.15) is 0 Å². The number of nitrogens with one attached hydrogen (secondary N) is 1. The molecule has 0 amide bonds. The van der Waals surface area contributed by atoms with Crippen LogP contribution in [0.15, 0.2) is 24.3 Å². The number of benzene rings is 1. The van der Waals surface area contributed by atoms with Gasteiger partial charge in [0.1, 0.15) is 5.82 Å². The Morgan fingerprint density at radius 2 is 1.87 bits per heavy atom. The zero-order valence-electron chi connectivity index (χ0n) is 7.47. The molecule has 0 spiro atoms. The van der Waals surface area contributed by atoms with Crippen molar-refractivity contribution in [3.05, 3.63) is 30.1 Å². The van der Waals surface area contributed by atoms with Crippen LogP contribution in [0.1, 0.15) is 0 Å². The van der Waals surface area contributed by atoms with Crippen LogP contribution in [0, 0.1) is 5.82 Å². The third-order valence-corrected chi connectivity index (χ3v) is 2.60. The Morgan fingerprint density at radius 3 is 2.33 bits per heavy atom. The van der Waals surface area contributed by atoms with Crippen LogP contribution in [-0.4, -0.2) is 25.2 Å². The van der Waals surface area contributed by atoms with Crippen molar-refractivity contribution >= 4 is 21.7 Å². The number of hydrogen-bond acceptors (Lipinski definition) is 3. The summed E-state index contributed by atoms with van der Waals surface area (Å²) in [5, 5.41) is 8.29. The molecule has 0 aliphatic rings. The van der Waals surface area contributed by atoms with Crippen molar-refractivity contribution in [3.8, 4) is 0 Å². The molecule has 0 radical (unpaired) electrons. The zero-order valence-corrected chi connectivity index (χ0v) is 8.29. The van der Waals surface area contributed by atoms with Crippen molar-refractivity contribution in [1.29, 1.82) is 0 Å². The molecule has 0 fully saturated rings. The van der Waals surface area contributed by atoms with E-state index in [2.05, 4.69) is 0 Å². The lowest BCUT2D eigenvalue weighted by molar-refractivity contribution is -0.134. The molecule has 15 heavy (non-hydrogen) atoms. The fraction of sp³-hybridized carbons (Fsp3) is 0.125. The topological polar surface area (TPSA) is 83.5 Å². The van der Waals surface area contributed by atoms with Gasteiger partial charge in [-0.1, -0.05) is 0 Å². The van der Waals surface area contributed by atoms with Crippen LogP contribution < -0.4 is 4.72 Å². The monoisotopic (exact) mass is 233 g/mol. The Morgan fingerprint density at radius 1 is 1.33 bits per heavy atom. The van der Waals surface area contributed by atoms with Gasteiger partial charge in [-0.05, 0) is 24.3 Å². The Kier molecular flexibility index (Phi) is 3.25. The summed E-state index contributed by atoms with van der Waals surface area (Å²) < 4.78 is 36.7. The normalized spacial score (nSPS) is 11.0. The summed E-state index contributed by atoms with van der Waals surface area (Å²) in [6.45, 7) is 0. The number of hydrogen-bond donors (Lipinski definition) is 2. The minimum absolute atomic E-state index is 0.123. The summed E-state index contributed by atoms with van der Waals surface area (Å²) in [7, 11) is -3.92. The van der Waals surface area contributed by atoms with Crippen LogP contribution >= 0.6 is 0 Å². The molecule has 0 unspecified atom stereocenters. The van der Waals surface area contributed by atoms with Crippen molar-refractivity contribution in [2.45, 2.75) is 0 Å². The highest BCUT2D eigenvalue weighted by Crippen LogP contribution is 2.10. The third kappa shape index (κ3) is 3.94. The van der Waals surface area contributed by atoms with Gasteiger partial charge >= 0.3 is 5.97 Å². The maximum atomic E-state index is 12.5. The van der Waals surface area contributed by atoms with Crippen molar-refractivity contribution in [3.63, 3.8) is 0 Å². The Bertz CT molecular complexity index is 454. The van der Waals surface area contributed by atoms with Crippen molar-refractivity contribution < 1.29 is 22.7 Å². The summed E-state index contributed by atoms with van der Waals surface area (Å²) in [5.41, 5.74) is 0.123. The molecule has 1 aromatic carbocycles. The molecule has 0 aromatic heterocycles. The van der Waals surface area contributed by atoms with Crippen LogP contribution in [-0.2, 0) is 14.8 Å². The standard InChI is InChI=1S/C8H8FNO4S/c9-6-1-3-7(4-2-6)10-15(13,14)5-8(11)12/h1-4,10H,5H2,(H,11,12). The molecule has 1 rings (SSSR count). The van der Waals surface area contributed by atoms with Gasteiger partial charge in [-0.25, -0.2) is 12.8 Å². The number of carboxylic acid groups (broad SMARTS) is 1. The first-order chi connectivity index (χ1) is 6.89. The molecule has 5 nitrogen and oxygen atoms in total. The minimum atomic E-state index is -3.92. The van der Waals surface area contributed by atoms with Crippen molar-refractivity contribution in [1.82, 2.24) is 0 Å². The van der Waals surface area contributed by atoms with E-state index in [0.29, 0.717) is 0 Å². The summed E-state index contributed by atoms with van der Waals surface area (Å²) in [4.78, 5) is 10.2. The molecular weight excluding hydrogens is 225 g/mol. The van der Waals surface area contributed by atoms with Gasteiger partial charge in [0.05, 0.1) is 0 Å². The average molecular weight is 233 g/mol. The second kappa shape index (κ2) is 4.26. The van der Waals surface area contributed by atoms with E-state index < -0.39 is 27.6 Å². The number of carbonyl (C=O) groups is 1. The molecule has 0 bridgehead atoms. The number of rotatable bonds is 4. The molecule has 0 aliphatic carbocycles. The summed E-state index contributed by atoms with van der Waals surface area (Å²) in [6, 6.07) is 4.54. The van der Waals surface area contributed by atoms with E-state index in [-0.39, 0.29) is 5.69 Å². The van der Waals surface area contributed by atoms with Gasteiger partial charge in [0.15, 0.2) is 5.75 Å². The first kappa shape index (κ1) is 11.4. The van der Waals surface area contributed by atoms with Crippen LogP contribution in [0.25, 0.3) is 0 Å². The molecule has 0 atom stereocenters. The van der Waals surface area contributed by atoms with Gasteiger partial charge in [-0.15, -0.1) is 0 Å². The third-order valence-electron chi connectivity index (χ3n) is 1.43. The maximum Gasteiger partial charge on any atom is 0.320 e. The SMILES string of the molecule is O=C(O)CS(=O)(=O)Nc1ccc(F)cc1. The van der Waals surface area contributed by atoms with E-state index in [9.17, 15) is 17.6 Å². The number of halogens is 1. The van der Waals surface area contributed by atoms with E-state index in [1.807, 2.05) is 4.72 Å². The zero-order chi connectivity index (χ0) is 11.5. The van der Waals surface area contributed by atoms with Gasteiger partial charge in [0.2, 0.25) is 10.0 Å². The molecule has 2 N–H and O–H groups in total. The molecule has 1 aromatic rings. The second-order valence-electron chi connectivity index (χ2n) is 2.76. The van der Waals surface area contributed by atoms with E-state index in [4.69, 9.17) is 5.11 Å². The molecule has 82 valence electrons. The Hall–Kier alpha value is -1.63. The first-order valence-electron chi connectivity index (χ1n) is 3.87. The minimum Gasteiger partial charge on any atom is -0.480 e. The smallest absolute Gasteiger partial charge is 0.320 e. The molecule has 0 aliphatic heterocycles. The fourth-order valence-corrected chi connectivity index (χ4v) is 1.79. The lowest BCUT2D eigenvalue weighted by Gasteiger charge is -2.05. The number of anilines is 1. The maximum absolute atomic E-state index is 12.5. The summed E-state index contributed by atoms with van der Waals surface area (Å²) in [6.07, 6.45) is 0. The second-order valence-corrected chi connectivity index (χ2v) is 4.48. The van der Waals surface area contributed by atoms with Crippen LogP contribution in [0.5, 0.6) is 0 Å². The number of aliphatic carboxylic acids is 1. The lowest BCUT2D eigenvalue weighted by atomic mass is 10.3. The quantitative estimate of drug-likeness (QED) is 0.799. The van der Waals surface area contributed by atoms with Gasteiger partial charge in [-0.3, -0.25) is 9.52 Å². The van der Waals surface area contributed by atoms with Gasteiger partial charge in [0.25, 0.3) is 0 Å². The van der Waals surface area contributed by atoms with Crippen LogP contribution in [0.2, 0.25) is 0 Å². The summed E-state index contributed by atoms with van der Waals surface area (Å²) in [5.74, 6) is -2.98. The highest BCUT2D eigenvalue weighted by atomic mass is 32.2. The highest BCUT2D eigenvalue weighted by Gasteiger charge is 2.15. The highest BCUT2D eigenvalue weighted by molar-refractivity contribution is 7.93. The fourth-order valence-electron chi connectivity index (χ4n) is 0.896. The molecule has 0 saturated carbocycles. The van der Waals surface area contributed by atoms with Gasteiger partial charge in [0, 0.05) is 5.69 Å². The van der Waals surface area contributed by atoms with Crippen molar-refractivity contribution in [2.24, 2.45) is 0 Å². The van der Waals surface area contributed by atoms with Crippen molar-refractivity contribution in [2.75, 3.05) is 10.5 Å². The Balaban J connectivity index is 2.78. The van der Waals surface area contributed by atoms with E-state index in [1.54, 1.807) is 0 Å². The van der Waals surface area contributed by atoms with Crippen LogP contribution in [0.4, 0.5) is 10.1 Å². The number of sulfonamides is 1. The van der Waals surface area contributed by atoms with E-state index in [0.717, 1.165) is 12.1 Å². The first-order valence-corrected chi connectivity index (χ1v) is 5.52. The molecule has 0 heterocycles. The molecular formula is C8H8FNO4S. The summed E-state index contributed by atoms with van der Waals surface area (Å²) >= 11 is 0. The molecule has 7 heteroatoms. The largest absolute Gasteiger partial charge is 0.480 e. The van der Waals surface area contributed by atoms with E-state index in [1.165, 1.54) is 12.1 Å². The van der Waals surface area contributed by atoms with Gasteiger partial charge < -0.3 is 5.11 Å². The predicted molar refractivity (Wildman–Crippen MR) is 51.4 cm³/mol. The van der Waals surface area contributed by atoms with Crippen LogP contribution in [0.3, 0.4) is 0 Å².